The molecule has 0 aliphatic rings. The van der Waals surface area contributed by atoms with Crippen LogP contribution in [-0.4, -0.2) is 16.1 Å². The van der Waals surface area contributed by atoms with Crippen molar-refractivity contribution in [3.8, 4) is 17.2 Å². The van der Waals surface area contributed by atoms with Gasteiger partial charge in [-0.15, -0.1) is 0 Å². The lowest BCUT2D eigenvalue weighted by molar-refractivity contribution is 0.0691. The Hall–Kier alpha value is -2.38. The van der Waals surface area contributed by atoms with Crippen molar-refractivity contribution in [2.45, 2.75) is 6.92 Å². The largest absolute Gasteiger partial charge is 0.476 e. The van der Waals surface area contributed by atoms with Crippen LogP contribution >= 0.6 is 11.6 Å². The summed E-state index contributed by atoms with van der Waals surface area (Å²) in [5.74, 6) is -1.10. The van der Waals surface area contributed by atoms with E-state index in [4.69, 9.17) is 22.0 Å². The molecular weight excluding hydrogens is 264 g/mol. The van der Waals surface area contributed by atoms with E-state index in [9.17, 15) is 4.79 Å². The third-order valence-corrected chi connectivity index (χ3v) is 2.94. The number of carboxylic acid groups (broad SMARTS) is 1. The first-order chi connectivity index (χ1) is 9.02. The van der Waals surface area contributed by atoms with E-state index in [1.807, 2.05) is 13.0 Å². The number of nitrogens with zero attached hydrogens (tertiary/aromatic N) is 2. The summed E-state index contributed by atoms with van der Waals surface area (Å²) in [6.07, 6.45) is 1.50. The number of carboxylic acids is 1. The number of pyridine rings is 1. The van der Waals surface area contributed by atoms with Crippen molar-refractivity contribution in [1.82, 2.24) is 4.98 Å². The second-order valence-corrected chi connectivity index (χ2v) is 4.43. The van der Waals surface area contributed by atoms with Gasteiger partial charge in [0.15, 0.2) is 5.69 Å². The number of carbonyl (C=O) groups is 1. The fourth-order valence-electron chi connectivity index (χ4n) is 1.73. The zero-order valence-corrected chi connectivity index (χ0v) is 10.8. The van der Waals surface area contributed by atoms with Gasteiger partial charge in [-0.25, -0.2) is 9.78 Å². The summed E-state index contributed by atoms with van der Waals surface area (Å²) >= 11 is 5.96. The number of benzene rings is 1. The fraction of sp³-hybridized carbons (Fsp3) is 0.0714. The maximum atomic E-state index is 11.2. The number of aromatic nitrogens is 1. The average Bonchev–Trinajstić information content (AvgIpc) is 2.38. The van der Waals surface area contributed by atoms with Gasteiger partial charge < -0.3 is 5.11 Å². The van der Waals surface area contributed by atoms with Gasteiger partial charge in [0.05, 0.1) is 10.6 Å². The number of aromatic carboxylic acids is 1. The minimum Gasteiger partial charge on any atom is -0.476 e. The smallest absolute Gasteiger partial charge is 0.355 e. The summed E-state index contributed by atoms with van der Waals surface area (Å²) in [5.41, 5.74) is 2.27. The van der Waals surface area contributed by atoms with Crippen LogP contribution in [0.5, 0.6) is 0 Å². The lowest BCUT2D eigenvalue weighted by Crippen LogP contribution is -2.03. The molecule has 2 rings (SSSR count). The monoisotopic (exact) mass is 272 g/mol. The van der Waals surface area contributed by atoms with Gasteiger partial charge in [-0.1, -0.05) is 17.7 Å². The van der Waals surface area contributed by atoms with E-state index < -0.39 is 5.97 Å². The number of hydrogen-bond acceptors (Lipinski definition) is 3. The van der Waals surface area contributed by atoms with E-state index in [0.717, 1.165) is 5.56 Å². The van der Waals surface area contributed by atoms with Crippen molar-refractivity contribution < 1.29 is 9.90 Å². The van der Waals surface area contributed by atoms with Crippen molar-refractivity contribution in [1.29, 1.82) is 5.26 Å². The molecule has 1 aromatic carbocycles. The van der Waals surface area contributed by atoms with E-state index in [1.165, 1.54) is 6.20 Å². The van der Waals surface area contributed by atoms with Crippen LogP contribution < -0.4 is 0 Å². The molecule has 94 valence electrons. The molecule has 0 radical (unpaired) electrons. The van der Waals surface area contributed by atoms with E-state index in [2.05, 4.69) is 4.98 Å². The Balaban J connectivity index is 2.65. The van der Waals surface area contributed by atoms with Crippen LogP contribution in [0.1, 0.15) is 21.6 Å². The van der Waals surface area contributed by atoms with Crippen molar-refractivity contribution in [3.05, 3.63) is 52.3 Å². The summed E-state index contributed by atoms with van der Waals surface area (Å²) in [5, 5.41) is 18.3. The molecule has 5 heteroatoms. The Labute approximate surface area is 114 Å². The Kier molecular flexibility index (Phi) is 3.50. The van der Waals surface area contributed by atoms with Gasteiger partial charge in [-0.2, -0.15) is 5.26 Å². The molecule has 2 aromatic rings. The zero-order valence-electron chi connectivity index (χ0n) is 10.0. The first-order valence-corrected chi connectivity index (χ1v) is 5.80. The Bertz CT molecular complexity index is 705. The highest BCUT2D eigenvalue weighted by molar-refractivity contribution is 6.32. The zero-order chi connectivity index (χ0) is 14.0. The molecule has 1 heterocycles. The van der Waals surface area contributed by atoms with Crippen molar-refractivity contribution in [3.63, 3.8) is 0 Å². The van der Waals surface area contributed by atoms with Gasteiger partial charge in [0.25, 0.3) is 0 Å². The second kappa shape index (κ2) is 5.09. The minimum atomic E-state index is -1.10. The summed E-state index contributed by atoms with van der Waals surface area (Å²) < 4.78 is 0. The summed E-state index contributed by atoms with van der Waals surface area (Å²) in [6.45, 7) is 1.83. The quantitative estimate of drug-likeness (QED) is 0.910. The number of nitriles is 1. The minimum absolute atomic E-state index is 0.0358. The molecule has 0 fully saturated rings. The van der Waals surface area contributed by atoms with E-state index in [-0.39, 0.29) is 10.7 Å². The third-order valence-electron chi connectivity index (χ3n) is 2.63. The van der Waals surface area contributed by atoms with Crippen molar-refractivity contribution >= 4 is 17.6 Å². The van der Waals surface area contributed by atoms with Crippen LogP contribution in [0.2, 0.25) is 5.02 Å². The predicted octanol–water partition coefficient (Wildman–Crippen LogP) is 3.28. The Morgan fingerprint density at radius 2 is 2.16 bits per heavy atom. The summed E-state index contributed by atoms with van der Waals surface area (Å²) in [6, 6.07) is 8.48. The molecule has 0 amide bonds. The van der Waals surface area contributed by atoms with Crippen molar-refractivity contribution in [2.75, 3.05) is 0 Å². The predicted molar refractivity (Wildman–Crippen MR) is 71.1 cm³/mol. The molecule has 1 N–H and O–H groups in total. The van der Waals surface area contributed by atoms with Crippen LogP contribution in [0.15, 0.2) is 30.5 Å². The van der Waals surface area contributed by atoms with Crippen LogP contribution in [0.3, 0.4) is 0 Å². The Morgan fingerprint density at radius 1 is 1.42 bits per heavy atom. The molecule has 0 unspecified atom stereocenters. The van der Waals surface area contributed by atoms with Gasteiger partial charge in [-0.05, 0) is 36.2 Å². The lowest BCUT2D eigenvalue weighted by atomic mass is 10.0. The number of halogens is 1. The van der Waals surface area contributed by atoms with Gasteiger partial charge in [0.2, 0.25) is 0 Å². The van der Waals surface area contributed by atoms with E-state index in [1.54, 1.807) is 24.3 Å². The third kappa shape index (κ3) is 2.56. The lowest BCUT2D eigenvalue weighted by Gasteiger charge is -2.07. The summed E-state index contributed by atoms with van der Waals surface area (Å²) in [4.78, 5) is 15.1. The molecule has 0 spiro atoms. The molecule has 0 bridgehead atoms. The second-order valence-electron chi connectivity index (χ2n) is 4.02. The molecule has 0 atom stereocenters. The number of hydrogen-bond donors (Lipinski definition) is 1. The highest BCUT2D eigenvalue weighted by Crippen LogP contribution is 2.28. The highest BCUT2D eigenvalue weighted by Gasteiger charge is 2.14. The Morgan fingerprint density at radius 3 is 2.74 bits per heavy atom. The molecule has 0 aliphatic heterocycles. The van der Waals surface area contributed by atoms with E-state index >= 15 is 0 Å². The van der Waals surface area contributed by atoms with E-state index in [0.29, 0.717) is 16.7 Å². The van der Waals surface area contributed by atoms with Crippen LogP contribution in [0.25, 0.3) is 11.1 Å². The number of rotatable bonds is 2. The maximum absolute atomic E-state index is 11.2. The van der Waals surface area contributed by atoms with Gasteiger partial charge >= 0.3 is 5.97 Å². The highest BCUT2D eigenvalue weighted by atomic mass is 35.5. The molecule has 0 saturated carbocycles. The average molecular weight is 273 g/mol. The standard InChI is InChI=1S/C14H9ClN2O2/c1-8-4-11(13(14(18)19)17-7-8)9-2-3-10(6-16)12(15)5-9/h2-5,7H,1H3,(H,18,19). The van der Waals surface area contributed by atoms with Gasteiger partial charge in [-0.3, -0.25) is 0 Å². The first kappa shape index (κ1) is 13.1. The van der Waals surface area contributed by atoms with Crippen LogP contribution in [0, 0.1) is 18.3 Å². The van der Waals surface area contributed by atoms with Crippen LogP contribution in [0.4, 0.5) is 0 Å². The summed E-state index contributed by atoms with van der Waals surface area (Å²) in [7, 11) is 0. The normalized spacial score (nSPS) is 9.95. The molecule has 0 saturated heterocycles. The number of aryl methyl sites for hydroxylation is 1. The fourth-order valence-corrected chi connectivity index (χ4v) is 1.96. The molecule has 1 aromatic heterocycles. The molecule has 19 heavy (non-hydrogen) atoms. The first-order valence-electron chi connectivity index (χ1n) is 5.43. The van der Waals surface area contributed by atoms with Crippen molar-refractivity contribution in [2.24, 2.45) is 0 Å². The van der Waals surface area contributed by atoms with Gasteiger partial charge in [0, 0.05) is 11.8 Å². The molecule has 0 aliphatic carbocycles. The van der Waals surface area contributed by atoms with Gasteiger partial charge in [0.1, 0.15) is 6.07 Å². The van der Waals surface area contributed by atoms with Crippen LogP contribution in [-0.2, 0) is 0 Å². The topological polar surface area (TPSA) is 74.0 Å². The maximum Gasteiger partial charge on any atom is 0.355 e. The molecular formula is C14H9ClN2O2. The SMILES string of the molecule is Cc1cnc(C(=O)O)c(-c2ccc(C#N)c(Cl)c2)c1. The molecule has 4 nitrogen and oxygen atoms in total.